The quantitative estimate of drug-likeness (QED) is 0.629. The molecule has 1 aromatic carbocycles. The number of allylic oxidation sites excluding steroid dienone is 1. The molecule has 7 heteroatoms. The van der Waals surface area contributed by atoms with Crippen molar-refractivity contribution in [1.29, 1.82) is 0 Å². The zero-order valence-corrected chi connectivity index (χ0v) is 13.9. The number of aromatic nitrogens is 3. The number of amides is 1. The second kappa shape index (κ2) is 7.42. The molecule has 0 atom stereocenters. The maximum atomic E-state index is 12.0. The van der Waals surface area contributed by atoms with E-state index >= 15 is 0 Å². The van der Waals surface area contributed by atoms with Crippen molar-refractivity contribution in [2.75, 3.05) is 11.1 Å². The highest BCUT2D eigenvalue weighted by Gasteiger charge is 2.11. The van der Waals surface area contributed by atoms with E-state index in [4.69, 9.17) is 0 Å². The largest absolute Gasteiger partial charge is 0.324 e. The molecule has 110 valence electrons. The Morgan fingerprint density at radius 2 is 2.24 bits per heavy atom. The smallest absolute Gasteiger partial charge is 0.234 e. The van der Waals surface area contributed by atoms with Crippen molar-refractivity contribution in [2.45, 2.75) is 18.6 Å². The van der Waals surface area contributed by atoms with E-state index in [9.17, 15) is 4.79 Å². The monoisotopic (exact) mass is 366 g/mol. The minimum Gasteiger partial charge on any atom is -0.324 e. The number of para-hydroxylation sites is 1. The number of nitrogens with one attached hydrogen (secondary N) is 1. The molecule has 2 aromatic rings. The van der Waals surface area contributed by atoms with Gasteiger partial charge in [-0.05, 0) is 35.0 Å². The van der Waals surface area contributed by atoms with Gasteiger partial charge in [0.25, 0.3) is 0 Å². The van der Waals surface area contributed by atoms with Gasteiger partial charge in [0, 0.05) is 11.0 Å². The van der Waals surface area contributed by atoms with Crippen molar-refractivity contribution in [3.8, 4) is 0 Å². The van der Waals surface area contributed by atoms with E-state index in [1.165, 1.54) is 11.8 Å². The van der Waals surface area contributed by atoms with Crippen molar-refractivity contribution < 1.29 is 4.79 Å². The molecular formula is C14H15BrN4OS. The van der Waals surface area contributed by atoms with Gasteiger partial charge in [0.05, 0.1) is 11.4 Å². The van der Waals surface area contributed by atoms with E-state index < -0.39 is 0 Å². The van der Waals surface area contributed by atoms with Crippen LogP contribution in [-0.4, -0.2) is 26.4 Å². The summed E-state index contributed by atoms with van der Waals surface area (Å²) in [6, 6.07) is 7.50. The molecule has 1 N–H and O–H groups in total. The Bertz CT molecular complexity index is 656. The number of aryl methyl sites for hydroxylation is 1. The average molecular weight is 367 g/mol. The van der Waals surface area contributed by atoms with E-state index in [-0.39, 0.29) is 11.7 Å². The zero-order chi connectivity index (χ0) is 15.2. The van der Waals surface area contributed by atoms with Crippen molar-refractivity contribution in [3.63, 3.8) is 0 Å². The Balaban J connectivity index is 1.96. The second-order valence-electron chi connectivity index (χ2n) is 4.25. The van der Waals surface area contributed by atoms with Crippen LogP contribution in [0.3, 0.4) is 0 Å². The highest BCUT2D eigenvalue weighted by atomic mass is 79.9. The molecule has 0 fully saturated rings. The number of benzene rings is 1. The summed E-state index contributed by atoms with van der Waals surface area (Å²) in [4.78, 5) is 12.0. The summed E-state index contributed by atoms with van der Waals surface area (Å²) in [7, 11) is 0. The predicted octanol–water partition coefficient (Wildman–Crippen LogP) is 3.27. The summed E-state index contributed by atoms with van der Waals surface area (Å²) >= 11 is 4.75. The third-order valence-electron chi connectivity index (χ3n) is 2.69. The van der Waals surface area contributed by atoms with Crippen LogP contribution in [0.25, 0.3) is 0 Å². The van der Waals surface area contributed by atoms with E-state index in [2.05, 4.69) is 38.0 Å². The Labute approximate surface area is 136 Å². The molecule has 0 aliphatic rings. The van der Waals surface area contributed by atoms with Crippen molar-refractivity contribution >= 4 is 39.3 Å². The highest BCUT2D eigenvalue weighted by molar-refractivity contribution is 9.10. The van der Waals surface area contributed by atoms with Crippen LogP contribution >= 0.6 is 27.7 Å². The molecule has 0 unspecified atom stereocenters. The summed E-state index contributed by atoms with van der Waals surface area (Å²) in [6.07, 6.45) is 1.78. The van der Waals surface area contributed by atoms with Gasteiger partial charge in [-0.1, -0.05) is 30.0 Å². The lowest BCUT2D eigenvalue weighted by Gasteiger charge is -2.07. The van der Waals surface area contributed by atoms with Gasteiger partial charge in [0.2, 0.25) is 5.91 Å². The van der Waals surface area contributed by atoms with E-state index in [0.29, 0.717) is 6.54 Å². The third kappa shape index (κ3) is 4.18. The van der Waals surface area contributed by atoms with Gasteiger partial charge in [0.15, 0.2) is 5.16 Å². The fourth-order valence-electron chi connectivity index (χ4n) is 1.69. The molecular weight excluding hydrogens is 352 g/mol. The Morgan fingerprint density at radius 1 is 1.48 bits per heavy atom. The van der Waals surface area contributed by atoms with Crippen LogP contribution in [0.2, 0.25) is 0 Å². The van der Waals surface area contributed by atoms with Crippen LogP contribution in [-0.2, 0) is 11.3 Å². The predicted molar refractivity (Wildman–Crippen MR) is 88.5 cm³/mol. The molecule has 5 nitrogen and oxygen atoms in total. The van der Waals surface area contributed by atoms with Gasteiger partial charge in [-0.3, -0.25) is 4.79 Å². The van der Waals surface area contributed by atoms with Crippen molar-refractivity contribution in [3.05, 3.63) is 47.2 Å². The van der Waals surface area contributed by atoms with Gasteiger partial charge < -0.3 is 9.88 Å². The van der Waals surface area contributed by atoms with Crippen LogP contribution in [0, 0.1) is 6.92 Å². The lowest BCUT2D eigenvalue weighted by atomic mass is 10.3. The molecule has 1 amide bonds. The Hall–Kier alpha value is -1.60. The summed E-state index contributed by atoms with van der Waals surface area (Å²) in [5.41, 5.74) is 0.756. The second-order valence-corrected chi connectivity index (χ2v) is 6.04. The standard InChI is InChI=1S/C14H15BrN4OS/c1-3-8-19-10(2)17-18-14(19)21-9-13(20)16-12-7-5-4-6-11(12)15/h3-7H,1,8-9H2,2H3,(H,16,20). The molecule has 0 spiro atoms. The molecule has 0 saturated carbocycles. The number of thioether (sulfide) groups is 1. The number of carbonyl (C=O) groups excluding carboxylic acids is 1. The molecule has 21 heavy (non-hydrogen) atoms. The maximum absolute atomic E-state index is 12.0. The fourth-order valence-corrected chi connectivity index (χ4v) is 2.86. The number of rotatable bonds is 6. The van der Waals surface area contributed by atoms with Crippen LogP contribution in [0.1, 0.15) is 5.82 Å². The summed E-state index contributed by atoms with van der Waals surface area (Å²) in [5.74, 6) is 0.998. The fraction of sp³-hybridized carbons (Fsp3) is 0.214. The number of nitrogens with zero attached hydrogens (tertiary/aromatic N) is 3. The molecule has 2 rings (SSSR count). The van der Waals surface area contributed by atoms with Crippen LogP contribution in [0.4, 0.5) is 5.69 Å². The van der Waals surface area contributed by atoms with Gasteiger partial charge in [-0.15, -0.1) is 16.8 Å². The SMILES string of the molecule is C=CCn1c(C)nnc1SCC(=O)Nc1ccccc1Br. The first-order valence-corrected chi connectivity index (χ1v) is 8.07. The summed E-state index contributed by atoms with van der Waals surface area (Å²) < 4.78 is 2.78. The Kier molecular flexibility index (Phi) is 5.58. The van der Waals surface area contributed by atoms with Crippen molar-refractivity contribution in [2.24, 2.45) is 0 Å². The number of hydrogen-bond donors (Lipinski definition) is 1. The molecule has 0 saturated heterocycles. The van der Waals surface area contributed by atoms with Gasteiger partial charge in [-0.2, -0.15) is 0 Å². The number of carbonyl (C=O) groups is 1. The third-order valence-corrected chi connectivity index (χ3v) is 4.35. The van der Waals surface area contributed by atoms with Crippen LogP contribution in [0.5, 0.6) is 0 Å². The number of anilines is 1. The summed E-state index contributed by atoms with van der Waals surface area (Å²) in [6.45, 7) is 6.22. The molecule has 0 bridgehead atoms. The van der Waals surface area contributed by atoms with Gasteiger partial charge in [0.1, 0.15) is 5.82 Å². The Morgan fingerprint density at radius 3 is 2.95 bits per heavy atom. The molecule has 1 heterocycles. The lowest BCUT2D eigenvalue weighted by molar-refractivity contribution is -0.113. The maximum Gasteiger partial charge on any atom is 0.234 e. The first-order valence-electron chi connectivity index (χ1n) is 6.29. The minimum absolute atomic E-state index is 0.0855. The molecule has 1 aromatic heterocycles. The zero-order valence-electron chi connectivity index (χ0n) is 11.5. The molecule has 0 aliphatic carbocycles. The van der Waals surface area contributed by atoms with Gasteiger partial charge >= 0.3 is 0 Å². The normalized spacial score (nSPS) is 10.4. The van der Waals surface area contributed by atoms with Gasteiger partial charge in [-0.25, -0.2) is 0 Å². The topological polar surface area (TPSA) is 59.8 Å². The molecule has 0 radical (unpaired) electrons. The first-order chi connectivity index (χ1) is 10.1. The number of hydrogen-bond acceptors (Lipinski definition) is 4. The average Bonchev–Trinajstić information content (AvgIpc) is 2.81. The van der Waals surface area contributed by atoms with E-state index in [0.717, 1.165) is 21.1 Å². The first kappa shape index (κ1) is 15.8. The van der Waals surface area contributed by atoms with E-state index in [1.54, 1.807) is 6.08 Å². The molecule has 0 aliphatic heterocycles. The number of halogens is 1. The lowest BCUT2D eigenvalue weighted by Crippen LogP contribution is -2.15. The van der Waals surface area contributed by atoms with E-state index in [1.807, 2.05) is 35.8 Å². The van der Waals surface area contributed by atoms with Crippen molar-refractivity contribution in [1.82, 2.24) is 14.8 Å². The van der Waals surface area contributed by atoms with Crippen LogP contribution < -0.4 is 5.32 Å². The van der Waals surface area contributed by atoms with Crippen LogP contribution in [0.15, 0.2) is 46.5 Å². The highest BCUT2D eigenvalue weighted by Crippen LogP contribution is 2.22. The minimum atomic E-state index is -0.0855. The summed E-state index contributed by atoms with van der Waals surface area (Å²) in [5, 5.41) is 11.7.